The van der Waals surface area contributed by atoms with E-state index in [1.54, 1.807) is 29.8 Å². The summed E-state index contributed by atoms with van der Waals surface area (Å²) in [7, 11) is 0. The van der Waals surface area contributed by atoms with Crippen LogP contribution in [0.3, 0.4) is 0 Å². The second-order valence-electron chi connectivity index (χ2n) is 15.5. The first kappa shape index (κ1) is 36.9. The quantitative estimate of drug-likeness (QED) is 0.176. The van der Waals surface area contributed by atoms with Crippen molar-refractivity contribution in [2.45, 2.75) is 89.8 Å². The normalized spacial score (nSPS) is 20.6. The monoisotopic (exact) mass is 749 g/mol. The van der Waals surface area contributed by atoms with E-state index in [-0.39, 0.29) is 41.1 Å². The number of piperazine rings is 1. The fraction of sp³-hybridized carbons (Fsp3) is 0.488. The average Bonchev–Trinajstić information content (AvgIpc) is 3.71. The molecule has 1 aromatic carbocycles. The number of carbonyl (C=O) groups excluding carboxylic acids is 3. The van der Waals surface area contributed by atoms with Gasteiger partial charge in [0.25, 0.3) is 5.56 Å². The van der Waals surface area contributed by atoms with E-state index in [0.29, 0.717) is 52.9 Å². The number of halogens is 1. The Labute approximate surface area is 319 Å². The van der Waals surface area contributed by atoms with Gasteiger partial charge in [-0.1, -0.05) is 25.0 Å². The lowest BCUT2D eigenvalue weighted by Gasteiger charge is -2.43. The number of Topliss-reactive ketones (excluding diaryl/α,β-unsaturated/α-hetero) is 1. The molecule has 288 valence electrons. The number of hydrogen-bond donors (Lipinski definition) is 2. The van der Waals surface area contributed by atoms with Crippen LogP contribution in [0.5, 0.6) is 0 Å². The van der Waals surface area contributed by atoms with Crippen LogP contribution in [-0.4, -0.2) is 92.2 Å². The maximum Gasteiger partial charge on any atom is 0.263 e. The molecule has 1 aliphatic carbocycles. The molecule has 1 unspecified atom stereocenters. The van der Waals surface area contributed by atoms with Gasteiger partial charge in [-0.25, -0.2) is 14.4 Å². The fourth-order valence-corrected chi connectivity index (χ4v) is 9.05. The van der Waals surface area contributed by atoms with Gasteiger partial charge in [0, 0.05) is 81.5 Å². The number of anilines is 3. The first-order chi connectivity index (χ1) is 26.6. The second-order valence-corrected chi connectivity index (χ2v) is 15.5. The number of benzene rings is 1. The Hall–Kier alpha value is -5.08. The second kappa shape index (κ2) is 15.6. The van der Waals surface area contributed by atoms with Crippen LogP contribution >= 0.6 is 0 Å². The molecule has 1 saturated carbocycles. The number of nitrogens with one attached hydrogen (secondary N) is 2. The molecular weight excluding hydrogens is 702 g/mol. The predicted octanol–water partition coefficient (Wildman–Crippen LogP) is 5.00. The smallest absolute Gasteiger partial charge is 0.263 e. The van der Waals surface area contributed by atoms with Crippen molar-refractivity contribution < 1.29 is 18.8 Å². The van der Waals surface area contributed by atoms with Crippen LogP contribution < -0.4 is 21.1 Å². The van der Waals surface area contributed by atoms with E-state index in [1.165, 1.54) is 6.92 Å². The Morgan fingerprint density at radius 3 is 2.35 bits per heavy atom. The minimum absolute atomic E-state index is 0.0136. The van der Waals surface area contributed by atoms with Crippen molar-refractivity contribution in [3.05, 3.63) is 81.2 Å². The van der Waals surface area contributed by atoms with Gasteiger partial charge in [0.2, 0.25) is 17.8 Å². The minimum atomic E-state index is -0.620. The molecule has 3 aromatic heterocycles. The molecule has 6 heterocycles. The molecule has 4 aliphatic rings. The largest absolute Gasteiger partial charge is 0.370 e. The maximum absolute atomic E-state index is 15.1. The van der Waals surface area contributed by atoms with Gasteiger partial charge in [0.05, 0.1) is 23.4 Å². The van der Waals surface area contributed by atoms with E-state index in [2.05, 4.69) is 41.4 Å². The van der Waals surface area contributed by atoms with Crippen molar-refractivity contribution in [2.75, 3.05) is 49.5 Å². The third-order valence-corrected chi connectivity index (χ3v) is 12.1. The van der Waals surface area contributed by atoms with Crippen molar-refractivity contribution in [1.82, 2.24) is 34.6 Å². The highest BCUT2D eigenvalue weighted by atomic mass is 19.1. The lowest BCUT2D eigenvalue weighted by molar-refractivity contribution is -0.134. The average molecular weight is 750 g/mol. The summed E-state index contributed by atoms with van der Waals surface area (Å²) < 4.78 is 16.8. The molecule has 0 spiro atoms. The number of pyridine rings is 2. The van der Waals surface area contributed by atoms with Gasteiger partial charge in [-0.15, -0.1) is 0 Å². The van der Waals surface area contributed by atoms with Gasteiger partial charge in [-0.05, 0) is 75.3 Å². The third-order valence-electron chi connectivity index (χ3n) is 12.1. The molecule has 0 bridgehead atoms. The molecule has 4 fully saturated rings. The van der Waals surface area contributed by atoms with Crippen LogP contribution in [0.1, 0.15) is 97.3 Å². The molecule has 3 aliphatic heterocycles. The highest BCUT2D eigenvalue weighted by Gasteiger charge is 2.31. The molecular formula is C41H48FN9O4. The lowest BCUT2D eigenvalue weighted by Crippen LogP contribution is -2.53. The van der Waals surface area contributed by atoms with Crippen LogP contribution in [0, 0.1) is 12.7 Å². The van der Waals surface area contributed by atoms with Crippen LogP contribution in [-0.2, 0) is 16.1 Å². The molecule has 4 aromatic rings. The zero-order chi connectivity index (χ0) is 38.2. The molecule has 13 nitrogen and oxygen atoms in total. The standard InChI is InChI=1S/C41H48FN9O4/c1-25-33-23-44-41(47-38(33)51(29-5-3-4-6-29)40(55)37(25)26(2)52)45-35-11-8-30(22-43-35)49-15-13-28(14-16-49)50-19-17-48(18-20-50)24-27-7-9-31(34(42)21-27)32-10-12-36(53)46-39(32)54/h7-9,11,21-23,28-29,32H,3-6,10,12-20,24H2,1-2H3,(H,46,53,54)(H,43,44,45,47). The zero-order valence-corrected chi connectivity index (χ0v) is 31.5. The van der Waals surface area contributed by atoms with Crippen LogP contribution in [0.25, 0.3) is 11.0 Å². The number of ketones is 1. The Bertz CT molecular complexity index is 2170. The zero-order valence-electron chi connectivity index (χ0n) is 31.5. The Morgan fingerprint density at radius 2 is 1.67 bits per heavy atom. The highest BCUT2D eigenvalue weighted by Crippen LogP contribution is 2.33. The number of fused-ring (bicyclic) bond motifs is 1. The number of piperidine rings is 2. The van der Waals surface area contributed by atoms with Crippen molar-refractivity contribution in [3.8, 4) is 0 Å². The first-order valence-electron chi connectivity index (χ1n) is 19.6. The number of aryl methyl sites for hydroxylation is 1. The molecule has 2 N–H and O–H groups in total. The van der Waals surface area contributed by atoms with Crippen LogP contribution in [0.15, 0.2) is 47.5 Å². The number of hydrogen-bond acceptors (Lipinski definition) is 11. The Kier molecular flexibility index (Phi) is 10.4. The number of nitrogens with zero attached hydrogens (tertiary/aromatic N) is 7. The summed E-state index contributed by atoms with van der Waals surface area (Å²) in [6.07, 6.45) is 10.1. The molecule has 2 amide bonds. The molecule has 1 atom stereocenters. The lowest BCUT2D eigenvalue weighted by atomic mass is 9.89. The number of carbonyl (C=O) groups is 3. The van der Waals surface area contributed by atoms with Crippen LogP contribution in [0.2, 0.25) is 0 Å². The van der Waals surface area contributed by atoms with Gasteiger partial charge < -0.3 is 10.2 Å². The van der Waals surface area contributed by atoms with E-state index in [0.717, 1.165) is 89.0 Å². The summed E-state index contributed by atoms with van der Waals surface area (Å²) in [5.41, 5.74) is 3.42. The van der Waals surface area contributed by atoms with Gasteiger partial charge in [0.1, 0.15) is 17.3 Å². The highest BCUT2D eigenvalue weighted by molar-refractivity contribution is 6.01. The number of aromatic nitrogens is 4. The van der Waals surface area contributed by atoms with Crippen molar-refractivity contribution in [2.24, 2.45) is 0 Å². The van der Waals surface area contributed by atoms with Gasteiger partial charge >= 0.3 is 0 Å². The maximum atomic E-state index is 15.1. The summed E-state index contributed by atoms with van der Waals surface area (Å²) in [6, 6.07) is 9.67. The van der Waals surface area contributed by atoms with Gasteiger partial charge in [-0.3, -0.25) is 38.9 Å². The van der Waals surface area contributed by atoms with Gasteiger partial charge in [0.15, 0.2) is 5.78 Å². The first-order valence-corrected chi connectivity index (χ1v) is 19.6. The molecule has 3 saturated heterocycles. The fourth-order valence-electron chi connectivity index (χ4n) is 9.05. The summed E-state index contributed by atoms with van der Waals surface area (Å²) >= 11 is 0. The molecule has 0 radical (unpaired) electrons. The van der Waals surface area contributed by atoms with E-state index in [4.69, 9.17) is 4.98 Å². The number of rotatable bonds is 9. The third kappa shape index (κ3) is 7.62. The SMILES string of the molecule is CC(=O)c1c(C)c2cnc(Nc3ccc(N4CCC(N5CCN(Cc6ccc(C7CCC(=O)NC7=O)c(F)c6)CC5)CC4)cn3)nc2n(C2CCCC2)c1=O. The Balaban J connectivity index is 0.840. The molecule has 14 heteroatoms. The Morgan fingerprint density at radius 1 is 0.909 bits per heavy atom. The van der Waals surface area contributed by atoms with E-state index < -0.39 is 11.8 Å². The molecule has 8 rings (SSSR count). The van der Waals surface area contributed by atoms with E-state index in [9.17, 15) is 19.2 Å². The van der Waals surface area contributed by atoms with Crippen molar-refractivity contribution >= 4 is 46.1 Å². The van der Waals surface area contributed by atoms with Crippen molar-refractivity contribution in [3.63, 3.8) is 0 Å². The van der Waals surface area contributed by atoms with Crippen LogP contribution in [0.4, 0.5) is 21.8 Å². The topological polar surface area (TPSA) is 146 Å². The molecule has 55 heavy (non-hydrogen) atoms. The summed E-state index contributed by atoms with van der Waals surface area (Å²) in [5.74, 6) is -1.01. The minimum Gasteiger partial charge on any atom is -0.370 e. The van der Waals surface area contributed by atoms with E-state index in [1.807, 2.05) is 18.3 Å². The van der Waals surface area contributed by atoms with E-state index >= 15 is 4.39 Å². The number of amides is 2. The number of imide groups is 1. The van der Waals surface area contributed by atoms with Crippen molar-refractivity contribution in [1.29, 1.82) is 0 Å². The predicted molar refractivity (Wildman–Crippen MR) is 207 cm³/mol. The van der Waals surface area contributed by atoms with Gasteiger partial charge in [-0.2, -0.15) is 4.98 Å². The summed E-state index contributed by atoms with van der Waals surface area (Å²) in [6.45, 7) is 9.52. The summed E-state index contributed by atoms with van der Waals surface area (Å²) in [5, 5.41) is 6.25. The summed E-state index contributed by atoms with van der Waals surface area (Å²) in [4.78, 5) is 71.1.